The van der Waals surface area contributed by atoms with Crippen LogP contribution in [0.5, 0.6) is 0 Å². The van der Waals surface area contributed by atoms with E-state index in [4.69, 9.17) is 10.5 Å². The molecule has 1 fully saturated rings. The highest BCUT2D eigenvalue weighted by atomic mass is 16.5. The second-order valence-corrected chi connectivity index (χ2v) is 6.87. The molecule has 28 heavy (non-hydrogen) atoms. The summed E-state index contributed by atoms with van der Waals surface area (Å²) in [5, 5.41) is 8.04. The molecule has 1 saturated heterocycles. The summed E-state index contributed by atoms with van der Waals surface area (Å²) < 4.78 is 6.69. The van der Waals surface area contributed by atoms with Crippen LogP contribution in [0.1, 0.15) is 18.4 Å². The summed E-state index contributed by atoms with van der Waals surface area (Å²) in [6, 6.07) is 12.0. The van der Waals surface area contributed by atoms with E-state index in [1.807, 2.05) is 47.1 Å². The predicted molar refractivity (Wildman–Crippen MR) is 107 cm³/mol. The summed E-state index contributed by atoms with van der Waals surface area (Å²) in [5.74, 6) is 0.738. The Morgan fingerprint density at radius 1 is 1.29 bits per heavy atom. The minimum Gasteiger partial charge on any atom is -0.453 e. The molecule has 1 unspecified atom stereocenters. The Morgan fingerprint density at radius 2 is 2.11 bits per heavy atom. The molecule has 3 N–H and O–H groups in total. The number of benzene rings is 1. The van der Waals surface area contributed by atoms with Gasteiger partial charge in [0.25, 0.3) is 0 Å². The first kappa shape index (κ1) is 18.2. The number of likely N-dealkylation sites (tertiary alicyclic amines) is 1. The van der Waals surface area contributed by atoms with Crippen LogP contribution in [-0.4, -0.2) is 51.8 Å². The number of methoxy groups -OCH3 is 1. The molecule has 0 radical (unpaired) electrons. The fourth-order valence-electron chi connectivity index (χ4n) is 3.60. The zero-order chi connectivity index (χ0) is 19.5. The number of carbonyl (C=O) groups excluding carboxylic acids is 1. The SMILES string of the molecule is COC(=O)N1CCCC1CNc1ccc2ncc(-c3ccc(CN)cc3)n2n1. The molecular formula is C20H24N6O2. The molecule has 1 aliphatic rings. The van der Waals surface area contributed by atoms with Gasteiger partial charge in [-0.2, -0.15) is 0 Å². The molecule has 1 amide bonds. The molecule has 0 bridgehead atoms. The topological polar surface area (TPSA) is 97.8 Å². The number of carbonyl (C=O) groups is 1. The van der Waals surface area contributed by atoms with Gasteiger partial charge in [0, 0.05) is 25.2 Å². The number of fused-ring (bicyclic) bond motifs is 1. The number of ether oxygens (including phenoxy) is 1. The lowest BCUT2D eigenvalue weighted by atomic mass is 10.1. The van der Waals surface area contributed by atoms with Crippen molar-refractivity contribution in [3.05, 3.63) is 48.2 Å². The molecule has 3 aromatic rings. The summed E-state index contributed by atoms with van der Waals surface area (Å²) in [6.07, 6.45) is 3.48. The number of nitrogens with one attached hydrogen (secondary N) is 1. The Kier molecular flexibility index (Phi) is 5.12. The number of nitrogens with zero attached hydrogens (tertiary/aromatic N) is 4. The van der Waals surface area contributed by atoms with Gasteiger partial charge in [-0.1, -0.05) is 24.3 Å². The van der Waals surface area contributed by atoms with Crippen molar-refractivity contribution >= 4 is 17.6 Å². The van der Waals surface area contributed by atoms with Crippen molar-refractivity contribution in [2.75, 3.05) is 25.5 Å². The number of aromatic nitrogens is 3. The van der Waals surface area contributed by atoms with Gasteiger partial charge >= 0.3 is 6.09 Å². The number of rotatable bonds is 5. The zero-order valence-electron chi connectivity index (χ0n) is 15.8. The molecule has 4 rings (SSSR count). The molecule has 1 aromatic carbocycles. The Hall–Kier alpha value is -3.13. The van der Waals surface area contributed by atoms with E-state index in [0.717, 1.165) is 47.7 Å². The lowest BCUT2D eigenvalue weighted by molar-refractivity contribution is 0.120. The van der Waals surface area contributed by atoms with Crippen LogP contribution in [0.2, 0.25) is 0 Å². The lowest BCUT2D eigenvalue weighted by Gasteiger charge is -2.23. The van der Waals surface area contributed by atoms with Crippen molar-refractivity contribution in [2.45, 2.75) is 25.4 Å². The highest BCUT2D eigenvalue weighted by molar-refractivity contribution is 5.68. The second kappa shape index (κ2) is 7.85. The first-order chi connectivity index (χ1) is 13.7. The van der Waals surface area contributed by atoms with E-state index in [1.165, 1.54) is 7.11 Å². The summed E-state index contributed by atoms with van der Waals surface area (Å²) in [5.41, 5.74) is 9.49. The average molecular weight is 380 g/mol. The van der Waals surface area contributed by atoms with Crippen molar-refractivity contribution in [1.29, 1.82) is 0 Å². The van der Waals surface area contributed by atoms with Crippen molar-refractivity contribution in [2.24, 2.45) is 5.73 Å². The van der Waals surface area contributed by atoms with Crippen LogP contribution in [0.3, 0.4) is 0 Å². The number of nitrogens with two attached hydrogens (primary N) is 1. The molecule has 0 spiro atoms. The number of anilines is 1. The van der Waals surface area contributed by atoms with E-state index in [9.17, 15) is 4.79 Å². The predicted octanol–water partition coefficient (Wildman–Crippen LogP) is 2.50. The van der Waals surface area contributed by atoms with Crippen molar-refractivity contribution in [1.82, 2.24) is 19.5 Å². The Balaban J connectivity index is 1.53. The third kappa shape index (κ3) is 3.50. The maximum absolute atomic E-state index is 11.9. The third-order valence-electron chi connectivity index (χ3n) is 5.15. The lowest BCUT2D eigenvalue weighted by Crippen LogP contribution is -2.39. The van der Waals surface area contributed by atoms with E-state index in [2.05, 4.69) is 15.4 Å². The van der Waals surface area contributed by atoms with Crippen LogP contribution >= 0.6 is 0 Å². The van der Waals surface area contributed by atoms with Crippen LogP contribution in [0.4, 0.5) is 10.6 Å². The van der Waals surface area contributed by atoms with Crippen molar-refractivity contribution in [3.8, 4) is 11.3 Å². The van der Waals surface area contributed by atoms with Gasteiger partial charge in [-0.05, 0) is 30.5 Å². The van der Waals surface area contributed by atoms with Gasteiger partial charge in [-0.25, -0.2) is 14.3 Å². The van der Waals surface area contributed by atoms with Crippen LogP contribution in [0.25, 0.3) is 16.9 Å². The Labute approximate surface area is 163 Å². The van der Waals surface area contributed by atoms with Crippen molar-refractivity contribution in [3.63, 3.8) is 0 Å². The maximum atomic E-state index is 11.9. The summed E-state index contributed by atoms with van der Waals surface area (Å²) in [4.78, 5) is 18.1. The molecule has 1 aliphatic heterocycles. The van der Waals surface area contributed by atoms with Crippen LogP contribution in [0.15, 0.2) is 42.6 Å². The first-order valence-corrected chi connectivity index (χ1v) is 9.42. The maximum Gasteiger partial charge on any atom is 0.409 e. The number of hydrogen-bond donors (Lipinski definition) is 2. The van der Waals surface area contributed by atoms with Crippen LogP contribution in [0, 0.1) is 0 Å². The largest absolute Gasteiger partial charge is 0.453 e. The van der Waals surface area contributed by atoms with E-state index in [0.29, 0.717) is 13.1 Å². The monoisotopic (exact) mass is 380 g/mol. The molecule has 8 heteroatoms. The molecule has 146 valence electrons. The summed E-state index contributed by atoms with van der Waals surface area (Å²) >= 11 is 0. The van der Waals surface area contributed by atoms with Gasteiger partial charge in [-0.15, -0.1) is 5.10 Å². The molecular weight excluding hydrogens is 356 g/mol. The van der Waals surface area contributed by atoms with E-state index in [-0.39, 0.29) is 12.1 Å². The quantitative estimate of drug-likeness (QED) is 0.706. The van der Waals surface area contributed by atoms with Gasteiger partial charge < -0.3 is 20.7 Å². The number of hydrogen-bond acceptors (Lipinski definition) is 6. The van der Waals surface area contributed by atoms with E-state index >= 15 is 0 Å². The van der Waals surface area contributed by atoms with Gasteiger partial charge in [0.1, 0.15) is 5.82 Å². The van der Waals surface area contributed by atoms with Gasteiger partial charge in [-0.3, -0.25) is 0 Å². The first-order valence-electron chi connectivity index (χ1n) is 9.42. The molecule has 8 nitrogen and oxygen atoms in total. The van der Waals surface area contributed by atoms with Crippen LogP contribution < -0.4 is 11.1 Å². The van der Waals surface area contributed by atoms with E-state index in [1.54, 1.807) is 4.90 Å². The number of imidazole rings is 1. The molecule has 0 aliphatic carbocycles. The second-order valence-electron chi connectivity index (χ2n) is 6.87. The minimum atomic E-state index is -0.273. The Bertz CT molecular complexity index is 968. The average Bonchev–Trinajstić information content (AvgIpc) is 3.38. The molecule has 2 aromatic heterocycles. The van der Waals surface area contributed by atoms with Crippen molar-refractivity contribution < 1.29 is 9.53 Å². The smallest absolute Gasteiger partial charge is 0.409 e. The van der Waals surface area contributed by atoms with Gasteiger partial charge in [0.15, 0.2) is 5.65 Å². The normalized spacial score (nSPS) is 16.5. The molecule has 0 saturated carbocycles. The van der Waals surface area contributed by atoms with Gasteiger partial charge in [0.2, 0.25) is 0 Å². The molecule has 3 heterocycles. The number of amides is 1. The Morgan fingerprint density at radius 3 is 2.86 bits per heavy atom. The van der Waals surface area contributed by atoms with Crippen LogP contribution in [-0.2, 0) is 11.3 Å². The fraction of sp³-hybridized carbons (Fsp3) is 0.350. The third-order valence-corrected chi connectivity index (χ3v) is 5.15. The highest BCUT2D eigenvalue weighted by Crippen LogP contribution is 2.22. The minimum absolute atomic E-state index is 0.107. The fourth-order valence-corrected chi connectivity index (χ4v) is 3.60. The van der Waals surface area contributed by atoms with Gasteiger partial charge in [0.05, 0.1) is 25.0 Å². The van der Waals surface area contributed by atoms with E-state index < -0.39 is 0 Å². The molecule has 1 atom stereocenters. The standard InChI is InChI=1S/C20H24N6O2/c1-28-20(27)25-10-2-3-16(25)12-22-18-8-9-19-23-13-17(26(19)24-18)15-6-4-14(11-21)5-7-15/h4-9,13,16H,2-3,10-12,21H2,1H3,(H,22,24). The summed E-state index contributed by atoms with van der Waals surface area (Å²) in [7, 11) is 1.42. The highest BCUT2D eigenvalue weighted by Gasteiger charge is 2.29. The zero-order valence-corrected chi connectivity index (χ0v) is 15.8. The summed E-state index contributed by atoms with van der Waals surface area (Å²) in [6.45, 7) is 1.88.